The van der Waals surface area contributed by atoms with E-state index < -0.39 is 5.97 Å². The third-order valence-electron chi connectivity index (χ3n) is 5.58. The zero-order chi connectivity index (χ0) is 18.0. The third kappa shape index (κ3) is 3.87. The van der Waals surface area contributed by atoms with E-state index in [1.807, 2.05) is 49.1 Å². The van der Waals surface area contributed by atoms with E-state index in [1.54, 1.807) is 0 Å². The molecule has 1 amide bonds. The van der Waals surface area contributed by atoms with E-state index in [0.29, 0.717) is 38.8 Å². The summed E-state index contributed by atoms with van der Waals surface area (Å²) in [7, 11) is 0. The van der Waals surface area contributed by atoms with E-state index in [0.717, 1.165) is 5.56 Å². The van der Waals surface area contributed by atoms with Gasteiger partial charge in [0.25, 0.3) is 0 Å². The molecule has 0 bridgehead atoms. The number of amides is 1. The summed E-state index contributed by atoms with van der Waals surface area (Å²) < 4.78 is 6.02. The molecule has 5 heteroatoms. The van der Waals surface area contributed by atoms with E-state index in [4.69, 9.17) is 9.84 Å². The minimum atomic E-state index is -0.734. The van der Waals surface area contributed by atoms with Crippen LogP contribution in [0.15, 0.2) is 30.3 Å². The maximum absolute atomic E-state index is 13.1. The van der Waals surface area contributed by atoms with Gasteiger partial charge >= 0.3 is 5.97 Å². The Hall–Kier alpha value is -1.88. The second-order valence-electron chi connectivity index (χ2n) is 7.86. The van der Waals surface area contributed by atoms with Gasteiger partial charge in [0.2, 0.25) is 5.91 Å². The Morgan fingerprint density at radius 1 is 1.08 bits per heavy atom. The Balaban J connectivity index is 1.70. The fourth-order valence-corrected chi connectivity index (χ4v) is 3.91. The number of hydrogen-bond acceptors (Lipinski definition) is 3. The van der Waals surface area contributed by atoms with Gasteiger partial charge in [-0.15, -0.1) is 0 Å². The minimum absolute atomic E-state index is 0.0654. The Morgan fingerprint density at radius 3 is 2.28 bits per heavy atom. The molecule has 0 radical (unpaired) electrons. The van der Waals surface area contributed by atoms with Gasteiger partial charge in [-0.25, -0.2) is 0 Å². The van der Waals surface area contributed by atoms with Gasteiger partial charge in [0.05, 0.1) is 24.6 Å². The Morgan fingerprint density at radius 2 is 1.68 bits per heavy atom. The molecule has 2 aliphatic rings. The first kappa shape index (κ1) is 17.9. The fraction of sp³-hybridized carbons (Fsp3) is 0.600. The third-order valence-corrected chi connectivity index (χ3v) is 5.58. The molecule has 1 atom stereocenters. The molecule has 1 aliphatic carbocycles. The Bertz CT molecular complexity index is 620. The van der Waals surface area contributed by atoms with Gasteiger partial charge in [-0.05, 0) is 45.1 Å². The summed E-state index contributed by atoms with van der Waals surface area (Å²) in [5.41, 5.74) is 0.747. The maximum atomic E-state index is 13.1. The van der Waals surface area contributed by atoms with Gasteiger partial charge in [0, 0.05) is 5.92 Å². The molecule has 136 valence electrons. The molecule has 1 aromatic rings. The SMILES string of the molecule is CC1(C)COC(c2ccccc2)CN1C(=O)C1CCC(C(=O)O)CC1. The van der Waals surface area contributed by atoms with Crippen LogP contribution in [0, 0.1) is 11.8 Å². The second-order valence-corrected chi connectivity index (χ2v) is 7.86. The summed E-state index contributed by atoms with van der Waals surface area (Å²) in [6.07, 6.45) is 2.42. The highest BCUT2D eigenvalue weighted by atomic mass is 16.5. The van der Waals surface area contributed by atoms with Crippen molar-refractivity contribution < 1.29 is 19.4 Å². The van der Waals surface area contributed by atoms with Crippen LogP contribution in [0.5, 0.6) is 0 Å². The molecule has 0 spiro atoms. The molecule has 1 aliphatic heterocycles. The number of morpholine rings is 1. The van der Waals surface area contributed by atoms with Gasteiger partial charge in [0.15, 0.2) is 0 Å². The Kier molecular flexibility index (Phi) is 5.13. The zero-order valence-electron chi connectivity index (χ0n) is 15.0. The first-order valence-corrected chi connectivity index (χ1v) is 9.09. The minimum Gasteiger partial charge on any atom is -0.481 e. The van der Waals surface area contributed by atoms with Crippen LogP contribution in [0.25, 0.3) is 0 Å². The molecular weight excluding hydrogens is 318 g/mol. The summed E-state index contributed by atoms with van der Waals surface area (Å²) in [6.45, 7) is 5.13. The quantitative estimate of drug-likeness (QED) is 0.913. The van der Waals surface area contributed by atoms with Crippen LogP contribution in [0.1, 0.15) is 51.2 Å². The van der Waals surface area contributed by atoms with Crippen LogP contribution in [-0.2, 0) is 14.3 Å². The smallest absolute Gasteiger partial charge is 0.306 e. The van der Waals surface area contributed by atoms with Gasteiger partial charge in [-0.2, -0.15) is 0 Å². The average molecular weight is 345 g/mol. The van der Waals surface area contributed by atoms with Crippen molar-refractivity contribution in [1.29, 1.82) is 0 Å². The van der Waals surface area contributed by atoms with Crippen LogP contribution >= 0.6 is 0 Å². The van der Waals surface area contributed by atoms with Crippen LogP contribution < -0.4 is 0 Å². The lowest BCUT2D eigenvalue weighted by molar-refractivity contribution is -0.161. The lowest BCUT2D eigenvalue weighted by atomic mass is 9.80. The molecular formula is C20H27NO4. The maximum Gasteiger partial charge on any atom is 0.306 e. The number of nitrogens with zero attached hydrogens (tertiary/aromatic N) is 1. The molecule has 1 aromatic carbocycles. The van der Waals surface area contributed by atoms with E-state index >= 15 is 0 Å². The number of rotatable bonds is 3. The van der Waals surface area contributed by atoms with Gasteiger partial charge in [-0.1, -0.05) is 30.3 Å². The second kappa shape index (κ2) is 7.16. The summed E-state index contributed by atoms with van der Waals surface area (Å²) in [6, 6.07) is 10.0. The largest absolute Gasteiger partial charge is 0.481 e. The summed E-state index contributed by atoms with van der Waals surface area (Å²) in [5, 5.41) is 9.14. The molecule has 1 N–H and O–H groups in total. The highest BCUT2D eigenvalue weighted by Gasteiger charge is 2.42. The predicted molar refractivity (Wildman–Crippen MR) is 94.0 cm³/mol. The van der Waals surface area contributed by atoms with Crippen molar-refractivity contribution in [2.75, 3.05) is 13.2 Å². The summed E-state index contributed by atoms with van der Waals surface area (Å²) >= 11 is 0. The van der Waals surface area contributed by atoms with E-state index in [2.05, 4.69) is 0 Å². The van der Waals surface area contributed by atoms with Crippen molar-refractivity contribution in [3.63, 3.8) is 0 Å². The number of benzene rings is 1. The Labute approximate surface area is 149 Å². The average Bonchev–Trinajstić information content (AvgIpc) is 2.62. The number of carboxylic acids is 1. The van der Waals surface area contributed by atoms with Crippen molar-refractivity contribution in [3.05, 3.63) is 35.9 Å². The molecule has 1 saturated carbocycles. The molecule has 2 fully saturated rings. The normalized spacial score (nSPS) is 29.2. The van der Waals surface area contributed by atoms with Crippen molar-refractivity contribution in [3.8, 4) is 0 Å². The molecule has 1 unspecified atom stereocenters. The van der Waals surface area contributed by atoms with Crippen molar-refractivity contribution >= 4 is 11.9 Å². The predicted octanol–water partition coefficient (Wildman–Crippen LogP) is 3.26. The van der Waals surface area contributed by atoms with Crippen LogP contribution in [0.4, 0.5) is 0 Å². The number of hydrogen-bond donors (Lipinski definition) is 1. The van der Waals surface area contributed by atoms with E-state index in [9.17, 15) is 9.59 Å². The van der Waals surface area contributed by atoms with Gasteiger partial charge in [-0.3, -0.25) is 9.59 Å². The number of aliphatic carboxylic acids is 1. The molecule has 5 nitrogen and oxygen atoms in total. The number of carbonyl (C=O) groups is 2. The first-order chi connectivity index (χ1) is 11.9. The zero-order valence-corrected chi connectivity index (χ0v) is 15.0. The van der Waals surface area contributed by atoms with Gasteiger partial charge < -0.3 is 14.7 Å². The van der Waals surface area contributed by atoms with E-state index in [1.165, 1.54) is 0 Å². The van der Waals surface area contributed by atoms with Crippen LogP contribution in [0.3, 0.4) is 0 Å². The highest BCUT2D eigenvalue weighted by Crippen LogP contribution is 2.35. The van der Waals surface area contributed by atoms with Crippen molar-refractivity contribution in [2.24, 2.45) is 11.8 Å². The highest BCUT2D eigenvalue weighted by molar-refractivity contribution is 5.80. The molecule has 0 aromatic heterocycles. The van der Waals surface area contributed by atoms with Crippen LogP contribution in [-0.4, -0.2) is 40.6 Å². The van der Waals surface area contributed by atoms with E-state index in [-0.39, 0.29) is 29.4 Å². The number of ether oxygens (including phenoxy) is 1. The van der Waals surface area contributed by atoms with Crippen molar-refractivity contribution in [1.82, 2.24) is 4.90 Å². The lowest BCUT2D eigenvalue weighted by Gasteiger charge is -2.47. The monoisotopic (exact) mass is 345 g/mol. The number of carboxylic acid groups (broad SMARTS) is 1. The first-order valence-electron chi connectivity index (χ1n) is 9.09. The summed E-state index contributed by atoms with van der Waals surface area (Å²) in [4.78, 5) is 26.2. The molecule has 3 rings (SSSR count). The topological polar surface area (TPSA) is 66.8 Å². The van der Waals surface area contributed by atoms with Crippen LogP contribution in [0.2, 0.25) is 0 Å². The van der Waals surface area contributed by atoms with Gasteiger partial charge in [0.1, 0.15) is 6.10 Å². The lowest BCUT2D eigenvalue weighted by Crippen LogP contribution is -2.58. The molecule has 25 heavy (non-hydrogen) atoms. The molecule has 1 saturated heterocycles. The molecule has 1 heterocycles. The standard InChI is InChI=1S/C20H27NO4/c1-20(2)13-25-17(14-6-4-3-5-7-14)12-21(20)18(22)15-8-10-16(11-9-15)19(23)24/h3-7,15-17H,8-13H2,1-2H3,(H,23,24). The fourth-order valence-electron chi connectivity index (χ4n) is 3.91. The number of carbonyl (C=O) groups excluding carboxylic acids is 1. The summed E-state index contributed by atoms with van der Waals surface area (Å²) in [5.74, 6) is -0.942. The van der Waals surface area contributed by atoms with Crippen molar-refractivity contribution in [2.45, 2.75) is 51.2 Å².